The van der Waals surface area contributed by atoms with E-state index in [1.807, 2.05) is 34.9 Å². The second-order valence-electron chi connectivity index (χ2n) is 4.53. The number of para-hydroxylation sites is 1. The summed E-state index contributed by atoms with van der Waals surface area (Å²) in [7, 11) is 0. The third kappa shape index (κ3) is 2.86. The quantitative estimate of drug-likeness (QED) is 0.544. The molecule has 2 heterocycles. The summed E-state index contributed by atoms with van der Waals surface area (Å²) in [6, 6.07) is 14.5. The van der Waals surface area contributed by atoms with Crippen LogP contribution in [0.15, 0.2) is 60.9 Å². The molecule has 106 valence electrons. The topological polar surface area (TPSA) is 52.8 Å². The zero-order chi connectivity index (χ0) is 14.7. The molecular formula is C16H14N2O3. The molecule has 0 spiro atoms. The van der Waals surface area contributed by atoms with Gasteiger partial charge < -0.3 is 13.9 Å². The fraction of sp³-hybridized carbons (Fsp3) is 0.125. The maximum Gasteiger partial charge on any atom is 0.514 e. The van der Waals surface area contributed by atoms with Crippen molar-refractivity contribution in [2.45, 2.75) is 13.0 Å². The summed E-state index contributed by atoms with van der Waals surface area (Å²) in [6.07, 6.45) is 2.35. The summed E-state index contributed by atoms with van der Waals surface area (Å²) in [5.41, 5.74) is 1.63. The standard InChI is InChI=1S/C16H14N2O3/c1-12(14-8-5-9-15-17-10-11-18(14)15)20-16(19)21-13-6-3-2-4-7-13/h2-12H,1H3. The maximum atomic E-state index is 11.8. The van der Waals surface area contributed by atoms with E-state index in [2.05, 4.69) is 4.98 Å². The maximum absolute atomic E-state index is 11.8. The Kier molecular flexibility index (Phi) is 3.55. The Morgan fingerprint density at radius 2 is 1.95 bits per heavy atom. The van der Waals surface area contributed by atoms with Crippen molar-refractivity contribution in [1.82, 2.24) is 9.38 Å². The molecule has 21 heavy (non-hydrogen) atoms. The van der Waals surface area contributed by atoms with Crippen molar-refractivity contribution in [2.24, 2.45) is 0 Å². The van der Waals surface area contributed by atoms with Crippen LogP contribution < -0.4 is 4.74 Å². The number of carbonyl (C=O) groups is 1. The normalized spacial score (nSPS) is 12.0. The molecule has 5 nitrogen and oxygen atoms in total. The average molecular weight is 282 g/mol. The van der Waals surface area contributed by atoms with Crippen LogP contribution in [0.4, 0.5) is 4.79 Å². The van der Waals surface area contributed by atoms with Crippen molar-refractivity contribution in [1.29, 1.82) is 0 Å². The van der Waals surface area contributed by atoms with Gasteiger partial charge >= 0.3 is 6.16 Å². The van der Waals surface area contributed by atoms with Crippen LogP contribution in [-0.2, 0) is 4.74 Å². The Hall–Kier alpha value is -2.82. The molecule has 0 fully saturated rings. The first-order valence-corrected chi connectivity index (χ1v) is 6.59. The van der Waals surface area contributed by atoms with Crippen molar-refractivity contribution in [3.05, 3.63) is 66.6 Å². The summed E-state index contributed by atoms with van der Waals surface area (Å²) in [5, 5.41) is 0. The van der Waals surface area contributed by atoms with Crippen LogP contribution in [0, 0.1) is 0 Å². The Balaban J connectivity index is 1.73. The van der Waals surface area contributed by atoms with E-state index in [9.17, 15) is 4.79 Å². The molecule has 3 aromatic rings. The SMILES string of the molecule is CC(OC(=O)Oc1ccccc1)c1cccc2nccn12. The summed E-state index contributed by atoms with van der Waals surface area (Å²) >= 11 is 0. The zero-order valence-electron chi connectivity index (χ0n) is 11.5. The molecular weight excluding hydrogens is 268 g/mol. The third-order valence-corrected chi connectivity index (χ3v) is 3.09. The van der Waals surface area contributed by atoms with Crippen LogP contribution in [0.3, 0.4) is 0 Å². The lowest BCUT2D eigenvalue weighted by Gasteiger charge is -2.14. The van der Waals surface area contributed by atoms with Crippen molar-refractivity contribution in [3.8, 4) is 5.75 Å². The fourth-order valence-corrected chi connectivity index (χ4v) is 2.11. The third-order valence-electron chi connectivity index (χ3n) is 3.09. The number of hydrogen-bond donors (Lipinski definition) is 0. The lowest BCUT2D eigenvalue weighted by atomic mass is 10.2. The molecule has 0 N–H and O–H groups in total. The summed E-state index contributed by atoms with van der Waals surface area (Å²) in [5.74, 6) is 0.454. The van der Waals surface area contributed by atoms with E-state index in [1.54, 1.807) is 37.4 Å². The highest BCUT2D eigenvalue weighted by atomic mass is 16.7. The van der Waals surface area contributed by atoms with Gasteiger partial charge in [-0.2, -0.15) is 0 Å². The molecule has 5 heteroatoms. The van der Waals surface area contributed by atoms with Crippen LogP contribution >= 0.6 is 0 Å². The smallest absolute Gasteiger partial charge is 0.425 e. The molecule has 0 amide bonds. The second kappa shape index (κ2) is 5.66. The minimum absolute atomic E-state index is 0.445. The molecule has 3 rings (SSSR count). The van der Waals surface area contributed by atoms with Gasteiger partial charge in [-0.05, 0) is 31.2 Å². The number of aromatic nitrogens is 2. The molecule has 0 aliphatic heterocycles. The summed E-state index contributed by atoms with van der Waals surface area (Å²) < 4.78 is 12.3. The molecule has 1 atom stereocenters. The van der Waals surface area contributed by atoms with Gasteiger partial charge in [0.05, 0.1) is 5.69 Å². The Labute approximate surface area is 121 Å². The van der Waals surface area contributed by atoms with Crippen LogP contribution in [0.2, 0.25) is 0 Å². The van der Waals surface area contributed by atoms with Gasteiger partial charge in [0, 0.05) is 12.4 Å². The average Bonchev–Trinajstić information content (AvgIpc) is 2.96. The zero-order valence-corrected chi connectivity index (χ0v) is 11.5. The fourth-order valence-electron chi connectivity index (χ4n) is 2.11. The number of pyridine rings is 1. The number of ether oxygens (including phenoxy) is 2. The van der Waals surface area contributed by atoms with E-state index in [1.165, 1.54) is 0 Å². The molecule has 0 radical (unpaired) electrons. The van der Waals surface area contributed by atoms with Gasteiger partial charge in [-0.3, -0.25) is 0 Å². The molecule has 0 aliphatic rings. The summed E-state index contributed by atoms with van der Waals surface area (Å²) in [4.78, 5) is 16.0. The highest BCUT2D eigenvalue weighted by Crippen LogP contribution is 2.19. The van der Waals surface area contributed by atoms with Crippen molar-refractivity contribution >= 4 is 11.8 Å². The monoisotopic (exact) mass is 282 g/mol. The first kappa shape index (κ1) is 13.2. The minimum Gasteiger partial charge on any atom is -0.425 e. The highest BCUT2D eigenvalue weighted by Gasteiger charge is 2.16. The number of hydrogen-bond acceptors (Lipinski definition) is 4. The van der Waals surface area contributed by atoms with Crippen molar-refractivity contribution < 1.29 is 14.3 Å². The van der Waals surface area contributed by atoms with Gasteiger partial charge in [-0.25, -0.2) is 9.78 Å². The van der Waals surface area contributed by atoms with Crippen molar-refractivity contribution in [2.75, 3.05) is 0 Å². The molecule has 0 bridgehead atoms. The Morgan fingerprint density at radius 1 is 1.14 bits per heavy atom. The van der Waals surface area contributed by atoms with Gasteiger partial charge in [0.1, 0.15) is 17.5 Å². The largest absolute Gasteiger partial charge is 0.514 e. The molecule has 0 aliphatic carbocycles. The number of imidazole rings is 1. The molecule has 0 saturated heterocycles. The van der Waals surface area contributed by atoms with E-state index in [-0.39, 0.29) is 0 Å². The van der Waals surface area contributed by atoms with Crippen LogP contribution in [0.1, 0.15) is 18.7 Å². The molecule has 0 saturated carbocycles. The van der Waals surface area contributed by atoms with Gasteiger partial charge in [0.2, 0.25) is 0 Å². The highest BCUT2D eigenvalue weighted by molar-refractivity contribution is 5.64. The van der Waals surface area contributed by atoms with Crippen LogP contribution in [0.25, 0.3) is 5.65 Å². The number of nitrogens with zero attached hydrogens (tertiary/aromatic N) is 2. The minimum atomic E-state index is -0.731. The van der Waals surface area contributed by atoms with Gasteiger partial charge in [-0.15, -0.1) is 0 Å². The number of carbonyl (C=O) groups excluding carboxylic acids is 1. The van der Waals surface area contributed by atoms with E-state index in [4.69, 9.17) is 9.47 Å². The number of fused-ring (bicyclic) bond motifs is 1. The van der Waals surface area contributed by atoms with Gasteiger partial charge in [-0.1, -0.05) is 24.3 Å². The summed E-state index contributed by atoms with van der Waals surface area (Å²) in [6.45, 7) is 1.79. The predicted octanol–water partition coefficient (Wildman–Crippen LogP) is 3.61. The first-order chi connectivity index (χ1) is 10.2. The van der Waals surface area contributed by atoms with Crippen molar-refractivity contribution in [3.63, 3.8) is 0 Å². The van der Waals surface area contributed by atoms with E-state index in [0.29, 0.717) is 5.75 Å². The number of benzene rings is 1. The van der Waals surface area contributed by atoms with E-state index >= 15 is 0 Å². The molecule has 2 aromatic heterocycles. The Morgan fingerprint density at radius 3 is 2.76 bits per heavy atom. The van der Waals surface area contributed by atoms with Gasteiger partial charge in [0.15, 0.2) is 0 Å². The lowest BCUT2D eigenvalue weighted by molar-refractivity contribution is 0.0634. The second-order valence-corrected chi connectivity index (χ2v) is 4.53. The lowest BCUT2D eigenvalue weighted by Crippen LogP contribution is -2.15. The first-order valence-electron chi connectivity index (χ1n) is 6.59. The van der Waals surface area contributed by atoms with Crippen LogP contribution in [-0.4, -0.2) is 15.5 Å². The number of rotatable bonds is 3. The Bertz CT molecular complexity index is 752. The molecule has 1 aromatic carbocycles. The van der Waals surface area contributed by atoms with E-state index < -0.39 is 12.3 Å². The predicted molar refractivity (Wildman–Crippen MR) is 77.2 cm³/mol. The molecule has 1 unspecified atom stereocenters. The van der Waals surface area contributed by atoms with E-state index in [0.717, 1.165) is 11.3 Å². The van der Waals surface area contributed by atoms with Crippen LogP contribution in [0.5, 0.6) is 5.75 Å². The van der Waals surface area contributed by atoms with Gasteiger partial charge in [0.25, 0.3) is 0 Å².